The normalized spacial score (nSPS) is 20.3. The van der Waals surface area contributed by atoms with Crippen LogP contribution in [0.2, 0.25) is 0 Å². The number of hydrogen-bond donors (Lipinski definition) is 2. The summed E-state index contributed by atoms with van der Waals surface area (Å²) in [6.07, 6.45) is 0.922. The standard InChI is InChI=1S/C15H18N2O4/c1-3-10-21-14(20)16-15(13(18)19)8-9-17(2)12-7-5-4-6-11(12)15/h3-7H,1,8-10H2,2H3,(H,16,20)(H,18,19). The highest BCUT2D eigenvalue weighted by molar-refractivity contribution is 5.89. The van der Waals surface area contributed by atoms with Gasteiger partial charge in [-0.2, -0.15) is 0 Å². The van der Waals surface area contributed by atoms with E-state index >= 15 is 0 Å². The molecule has 0 bridgehead atoms. The van der Waals surface area contributed by atoms with Gasteiger partial charge in [0, 0.05) is 31.3 Å². The van der Waals surface area contributed by atoms with Crippen molar-refractivity contribution in [3.05, 3.63) is 42.5 Å². The van der Waals surface area contributed by atoms with Crippen molar-refractivity contribution in [3.8, 4) is 0 Å². The Morgan fingerprint density at radius 1 is 1.52 bits per heavy atom. The Morgan fingerprint density at radius 2 is 2.24 bits per heavy atom. The lowest BCUT2D eigenvalue weighted by Gasteiger charge is -2.40. The molecule has 1 aromatic rings. The van der Waals surface area contributed by atoms with E-state index in [-0.39, 0.29) is 13.0 Å². The number of carbonyl (C=O) groups excluding carboxylic acids is 1. The summed E-state index contributed by atoms with van der Waals surface area (Å²) in [5.41, 5.74) is -0.126. The first-order chi connectivity index (χ1) is 10.0. The molecule has 1 atom stereocenters. The highest BCUT2D eigenvalue weighted by atomic mass is 16.5. The van der Waals surface area contributed by atoms with Gasteiger partial charge in [0.1, 0.15) is 6.61 Å². The molecule has 1 aliphatic heterocycles. The number of hydrogen-bond acceptors (Lipinski definition) is 4. The summed E-state index contributed by atoms with van der Waals surface area (Å²) in [6.45, 7) is 4.00. The molecule has 1 heterocycles. The number of amides is 1. The minimum absolute atomic E-state index is 0.0308. The molecule has 0 aliphatic carbocycles. The number of carboxylic acids is 1. The number of anilines is 1. The Balaban J connectivity index is 2.39. The number of nitrogens with zero attached hydrogens (tertiary/aromatic N) is 1. The van der Waals surface area contributed by atoms with Crippen LogP contribution in [0.3, 0.4) is 0 Å². The van der Waals surface area contributed by atoms with Crippen molar-refractivity contribution in [2.75, 3.05) is 25.1 Å². The molecule has 0 fully saturated rings. The fourth-order valence-electron chi connectivity index (χ4n) is 2.51. The number of fused-ring (bicyclic) bond motifs is 1. The van der Waals surface area contributed by atoms with Crippen molar-refractivity contribution in [2.45, 2.75) is 12.0 Å². The van der Waals surface area contributed by atoms with E-state index in [1.165, 1.54) is 6.08 Å². The van der Waals surface area contributed by atoms with Crippen molar-refractivity contribution in [2.24, 2.45) is 0 Å². The molecule has 0 saturated carbocycles. The van der Waals surface area contributed by atoms with Gasteiger partial charge in [-0.15, -0.1) is 0 Å². The van der Waals surface area contributed by atoms with Crippen LogP contribution in [0.1, 0.15) is 12.0 Å². The van der Waals surface area contributed by atoms with Crippen LogP contribution >= 0.6 is 0 Å². The topological polar surface area (TPSA) is 78.9 Å². The van der Waals surface area contributed by atoms with Crippen LogP contribution in [-0.2, 0) is 15.1 Å². The number of rotatable bonds is 4. The molecule has 6 heteroatoms. The van der Waals surface area contributed by atoms with Crippen LogP contribution in [0.5, 0.6) is 0 Å². The fraction of sp³-hybridized carbons (Fsp3) is 0.333. The first-order valence-corrected chi connectivity index (χ1v) is 6.61. The van der Waals surface area contributed by atoms with Gasteiger partial charge < -0.3 is 20.1 Å². The number of alkyl carbamates (subject to hydrolysis) is 1. The van der Waals surface area contributed by atoms with E-state index in [1.807, 2.05) is 24.1 Å². The van der Waals surface area contributed by atoms with Crippen molar-refractivity contribution >= 4 is 17.7 Å². The number of carbonyl (C=O) groups is 2. The van der Waals surface area contributed by atoms with Gasteiger partial charge in [-0.1, -0.05) is 30.9 Å². The average molecular weight is 290 g/mol. The number of benzene rings is 1. The van der Waals surface area contributed by atoms with Crippen LogP contribution in [0.25, 0.3) is 0 Å². The predicted octanol–water partition coefficient (Wildman–Crippen LogP) is 1.72. The zero-order chi connectivity index (χ0) is 15.5. The molecule has 1 aliphatic rings. The Morgan fingerprint density at radius 3 is 2.90 bits per heavy atom. The van der Waals surface area contributed by atoms with Gasteiger partial charge in [0.2, 0.25) is 0 Å². The third-order valence-electron chi connectivity index (χ3n) is 3.61. The smallest absolute Gasteiger partial charge is 0.408 e. The average Bonchev–Trinajstić information content (AvgIpc) is 2.48. The van der Waals surface area contributed by atoms with Crippen LogP contribution in [0.4, 0.5) is 10.5 Å². The van der Waals surface area contributed by atoms with E-state index in [1.54, 1.807) is 12.1 Å². The molecule has 6 nitrogen and oxygen atoms in total. The number of aliphatic carboxylic acids is 1. The van der Waals surface area contributed by atoms with Crippen molar-refractivity contribution in [1.82, 2.24) is 5.32 Å². The Kier molecular flexibility index (Phi) is 4.16. The highest BCUT2D eigenvalue weighted by Gasteiger charge is 2.46. The molecule has 0 spiro atoms. The summed E-state index contributed by atoms with van der Waals surface area (Å²) in [7, 11) is 1.89. The molecule has 112 valence electrons. The first kappa shape index (κ1) is 14.9. The van der Waals surface area contributed by atoms with Gasteiger partial charge in [-0.05, 0) is 6.07 Å². The van der Waals surface area contributed by atoms with Crippen LogP contribution in [0, 0.1) is 0 Å². The number of nitrogens with one attached hydrogen (secondary N) is 1. The van der Waals surface area contributed by atoms with Gasteiger partial charge in [-0.25, -0.2) is 9.59 Å². The molecule has 0 aromatic heterocycles. The van der Waals surface area contributed by atoms with Gasteiger partial charge in [-0.3, -0.25) is 0 Å². The lowest BCUT2D eigenvalue weighted by molar-refractivity contribution is -0.145. The second-order valence-corrected chi connectivity index (χ2v) is 4.91. The molecule has 1 aromatic carbocycles. The number of carboxylic acid groups (broad SMARTS) is 1. The third kappa shape index (κ3) is 2.69. The highest BCUT2D eigenvalue weighted by Crippen LogP contribution is 2.37. The summed E-state index contributed by atoms with van der Waals surface area (Å²) in [5, 5.41) is 12.2. The summed E-state index contributed by atoms with van der Waals surface area (Å²) in [4.78, 5) is 25.6. The minimum Gasteiger partial charge on any atom is -0.479 e. The van der Waals surface area contributed by atoms with E-state index in [0.717, 1.165) is 5.69 Å². The van der Waals surface area contributed by atoms with Gasteiger partial charge in [0.15, 0.2) is 5.54 Å². The number of para-hydroxylation sites is 1. The second-order valence-electron chi connectivity index (χ2n) is 4.91. The lowest BCUT2D eigenvalue weighted by Crippen LogP contribution is -2.56. The van der Waals surface area contributed by atoms with Crippen molar-refractivity contribution in [1.29, 1.82) is 0 Å². The Bertz CT molecular complexity index is 573. The molecule has 2 N–H and O–H groups in total. The summed E-state index contributed by atoms with van der Waals surface area (Å²) in [5.74, 6) is -1.10. The van der Waals surface area contributed by atoms with E-state index in [4.69, 9.17) is 4.74 Å². The molecule has 0 radical (unpaired) electrons. The van der Waals surface area contributed by atoms with E-state index in [9.17, 15) is 14.7 Å². The summed E-state index contributed by atoms with van der Waals surface area (Å²) < 4.78 is 4.87. The molecular formula is C15H18N2O4. The van der Waals surface area contributed by atoms with Crippen molar-refractivity contribution in [3.63, 3.8) is 0 Å². The predicted molar refractivity (Wildman–Crippen MR) is 78.3 cm³/mol. The second kappa shape index (κ2) is 5.87. The van der Waals surface area contributed by atoms with Crippen LogP contribution in [0.15, 0.2) is 36.9 Å². The monoisotopic (exact) mass is 290 g/mol. The molecule has 1 amide bonds. The molecule has 1 unspecified atom stereocenters. The Labute approximate surface area is 123 Å². The van der Waals surface area contributed by atoms with Gasteiger partial charge in [0.05, 0.1) is 0 Å². The van der Waals surface area contributed by atoms with Crippen LogP contribution < -0.4 is 10.2 Å². The maximum atomic E-state index is 11.8. The molecule has 2 rings (SSSR count). The molecule has 0 saturated heterocycles. The largest absolute Gasteiger partial charge is 0.479 e. The zero-order valence-corrected chi connectivity index (χ0v) is 11.8. The van der Waals surface area contributed by atoms with Crippen LogP contribution in [-0.4, -0.2) is 37.4 Å². The quantitative estimate of drug-likeness (QED) is 0.825. The van der Waals surface area contributed by atoms with Gasteiger partial charge >= 0.3 is 12.1 Å². The Hall–Kier alpha value is -2.50. The third-order valence-corrected chi connectivity index (χ3v) is 3.61. The SMILES string of the molecule is C=CCOC(=O)NC1(C(=O)O)CCN(C)c2ccccc21. The van der Waals surface area contributed by atoms with E-state index in [2.05, 4.69) is 11.9 Å². The van der Waals surface area contributed by atoms with Crippen molar-refractivity contribution < 1.29 is 19.4 Å². The van der Waals surface area contributed by atoms with E-state index < -0.39 is 17.6 Å². The maximum Gasteiger partial charge on any atom is 0.408 e. The maximum absolute atomic E-state index is 11.8. The molecule has 21 heavy (non-hydrogen) atoms. The fourth-order valence-corrected chi connectivity index (χ4v) is 2.51. The number of ether oxygens (including phenoxy) is 1. The van der Waals surface area contributed by atoms with E-state index in [0.29, 0.717) is 12.1 Å². The zero-order valence-electron chi connectivity index (χ0n) is 11.8. The first-order valence-electron chi connectivity index (χ1n) is 6.61. The summed E-state index contributed by atoms with van der Waals surface area (Å²) in [6, 6.07) is 7.14. The van der Waals surface area contributed by atoms with Gasteiger partial charge in [0.25, 0.3) is 0 Å². The lowest BCUT2D eigenvalue weighted by atomic mass is 9.82. The minimum atomic E-state index is -1.47. The summed E-state index contributed by atoms with van der Waals surface area (Å²) >= 11 is 0. The molecular weight excluding hydrogens is 272 g/mol.